The standard InChI is InChI=1S/C16H17N3OS/c1-11(2)20-16-13(7-5-9-17-16)18-10-15-19-12-6-3-4-8-14(12)21-15/h3-9,11,18H,10H2,1-2H3. The van der Waals surface area contributed by atoms with Crippen molar-refractivity contribution in [3.05, 3.63) is 47.6 Å². The molecule has 0 fully saturated rings. The van der Waals surface area contributed by atoms with Gasteiger partial charge in [-0.05, 0) is 38.1 Å². The van der Waals surface area contributed by atoms with Crippen molar-refractivity contribution in [2.75, 3.05) is 5.32 Å². The normalized spacial score (nSPS) is 11.0. The van der Waals surface area contributed by atoms with E-state index in [0.717, 1.165) is 16.2 Å². The highest BCUT2D eigenvalue weighted by Crippen LogP contribution is 2.25. The van der Waals surface area contributed by atoms with Crippen molar-refractivity contribution in [2.24, 2.45) is 0 Å². The Kier molecular flexibility index (Phi) is 4.01. The Hall–Kier alpha value is -2.14. The van der Waals surface area contributed by atoms with Crippen LogP contribution < -0.4 is 10.1 Å². The second-order valence-electron chi connectivity index (χ2n) is 4.95. The number of benzene rings is 1. The Balaban J connectivity index is 1.75. The van der Waals surface area contributed by atoms with Gasteiger partial charge in [-0.15, -0.1) is 11.3 Å². The minimum Gasteiger partial charge on any atom is -0.473 e. The van der Waals surface area contributed by atoms with Crippen LogP contribution in [0.2, 0.25) is 0 Å². The van der Waals surface area contributed by atoms with E-state index in [-0.39, 0.29) is 6.10 Å². The van der Waals surface area contributed by atoms with Gasteiger partial charge in [0.2, 0.25) is 5.88 Å². The molecular formula is C16H17N3OS. The van der Waals surface area contributed by atoms with Gasteiger partial charge < -0.3 is 10.1 Å². The molecule has 0 saturated heterocycles. The van der Waals surface area contributed by atoms with Gasteiger partial charge in [-0.3, -0.25) is 0 Å². The van der Waals surface area contributed by atoms with E-state index in [1.165, 1.54) is 4.70 Å². The summed E-state index contributed by atoms with van der Waals surface area (Å²) >= 11 is 1.70. The smallest absolute Gasteiger partial charge is 0.237 e. The Bertz CT molecular complexity index is 706. The lowest BCUT2D eigenvalue weighted by Crippen LogP contribution is -2.09. The molecule has 21 heavy (non-hydrogen) atoms. The molecule has 1 aromatic carbocycles. The molecule has 0 aliphatic carbocycles. The fourth-order valence-corrected chi connectivity index (χ4v) is 2.92. The Labute approximate surface area is 127 Å². The molecule has 0 spiro atoms. The second kappa shape index (κ2) is 6.10. The number of anilines is 1. The van der Waals surface area contributed by atoms with E-state index < -0.39 is 0 Å². The van der Waals surface area contributed by atoms with E-state index in [0.29, 0.717) is 12.4 Å². The van der Waals surface area contributed by atoms with Crippen LogP contribution in [-0.4, -0.2) is 16.1 Å². The molecule has 0 aliphatic rings. The summed E-state index contributed by atoms with van der Waals surface area (Å²) < 4.78 is 6.91. The van der Waals surface area contributed by atoms with E-state index in [9.17, 15) is 0 Å². The summed E-state index contributed by atoms with van der Waals surface area (Å²) in [6, 6.07) is 12.0. The molecule has 4 nitrogen and oxygen atoms in total. The summed E-state index contributed by atoms with van der Waals surface area (Å²) in [5, 5.41) is 4.41. The molecular weight excluding hydrogens is 282 g/mol. The molecule has 0 atom stereocenters. The summed E-state index contributed by atoms with van der Waals surface area (Å²) in [6.45, 7) is 4.65. The molecule has 0 saturated carbocycles. The topological polar surface area (TPSA) is 47.0 Å². The van der Waals surface area contributed by atoms with Crippen LogP contribution in [0.3, 0.4) is 0 Å². The zero-order chi connectivity index (χ0) is 14.7. The third-order valence-electron chi connectivity index (χ3n) is 2.89. The minimum absolute atomic E-state index is 0.0999. The molecule has 108 valence electrons. The lowest BCUT2D eigenvalue weighted by atomic mass is 10.3. The van der Waals surface area contributed by atoms with Crippen LogP contribution in [0.25, 0.3) is 10.2 Å². The third kappa shape index (κ3) is 3.31. The maximum Gasteiger partial charge on any atom is 0.237 e. The molecule has 3 rings (SSSR count). The van der Waals surface area contributed by atoms with Crippen LogP contribution in [0.5, 0.6) is 5.88 Å². The van der Waals surface area contributed by atoms with Crippen molar-refractivity contribution in [1.29, 1.82) is 0 Å². The first-order valence-corrected chi connectivity index (χ1v) is 7.74. The van der Waals surface area contributed by atoms with Gasteiger partial charge in [0.25, 0.3) is 0 Å². The van der Waals surface area contributed by atoms with Gasteiger partial charge in [-0.1, -0.05) is 12.1 Å². The number of pyridine rings is 1. The summed E-state index contributed by atoms with van der Waals surface area (Å²) in [5.41, 5.74) is 1.94. The Morgan fingerprint density at radius 1 is 1.19 bits per heavy atom. The van der Waals surface area contributed by atoms with E-state index in [2.05, 4.69) is 21.4 Å². The van der Waals surface area contributed by atoms with Gasteiger partial charge in [0.1, 0.15) is 5.01 Å². The Morgan fingerprint density at radius 2 is 2.05 bits per heavy atom. The molecule has 2 heterocycles. The molecule has 0 unspecified atom stereocenters. The molecule has 5 heteroatoms. The zero-order valence-corrected chi connectivity index (χ0v) is 12.9. The number of nitrogens with zero attached hydrogens (tertiary/aromatic N) is 2. The molecule has 0 aliphatic heterocycles. The molecule has 1 N–H and O–H groups in total. The number of hydrogen-bond donors (Lipinski definition) is 1. The van der Waals surface area contributed by atoms with Crippen LogP contribution in [0.4, 0.5) is 5.69 Å². The van der Waals surface area contributed by atoms with Crippen LogP contribution in [0.1, 0.15) is 18.9 Å². The van der Waals surface area contributed by atoms with Crippen molar-refractivity contribution >= 4 is 27.2 Å². The maximum absolute atomic E-state index is 5.70. The molecule has 2 aromatic heterocycles. The van der Waals surface area contributed by atoms with Crippen molar-refractivity contribution in [3.8, 4) is 5.88 Å². The van der Waals surface area contributed by atoms with Crippen molar-refractivity contribution in [2.45, 2.75) is 26.5 Å². The van der Waals surface area contributed by atoms with Crippen molar-refractivity contribution in [3.63, 3.8) is 0 Å². The third-order valence-corrected chi connectivity index (χ3v) is 3.92. The fourth-order valence-electron chi connectivity index (χ4n) is 2.01. The highest BCUT2D eigenvalue weighted by molar-refractivity contribution is 7.18. The van der Waals surface area contributed by atoms with Crippen LogP contribution in [0, 0.1) is 0 Å². The molecule has 0 radical (unpaired) electrons. The highest BCUT2D eigenvalue weighted by atomic mass is 32.1. The average molecular weight is 299 g/mol. The second-order valence-corrected chi connectivity index (χ2v) is 6.07. The molecule has 0 bridgehead atoms. The first-order chi connectivity index (χ1) is 10.2. The monoisotopic (exact) mass is 299 g/mol. The highest BCUT2D eigenvalue weighted by Gasteiger charge is 2.08. The largest absolute Gasteiger partial charge is 0.473 e. The summed E-state index contributed by atoms with van der Waals surface area (Å²) in [6.07, 6.45) is 1.84. The van der Waals surface area contributed by atoms with E-state index in [4.69, 9.17) is 4.74 Å². The van der Waals surface area contributed by atoms with Crippen LogP contribution in [-0.2, 0) is 6.54 Å². The predicted molar refractivity (Wildman–Crippen MR) is 86.9 cm³/mol. The quantitative estimate of drug-likeness (QED) is 0.771. The number of rotatable bonds is 5. The number of nitrogens with one attached hydrogen (secondary N) is 1. The van der Waals surface area contributed by atoms with Crippen molar-refractivity contribution < 1.29 is 4.74 Å². The molecule has 3 aromatic rings. The fraction of sp³-hybridized carbons (Fsp3) is 0.250. The summed E-state index contributed by atoms with van der Waals surface area (Å²) in [7, 11) is 0. The van der Waals surface area contributed by atoms with Gasteiger partial charge in [0.05, 0.1) is 28.6 Å². The minimum atomic E-state index is 0.0999. The number of aromatic nitrogens is 2. The maximum atomic E-state index is 5.70. The first-order valence-electron chi connectivity index (χ1n) is 6.92. The van der Waals surface area contributed by atoms with E-state index in [1.54, 1.807) is 17.5 Å². The summed E-state index contributed by atoms with van der Waals surface area (Å²) in [4.78, 5) is 8.89. The number of fused-ring (bicyclic) bond motifs is 1. The molecule has 0 amide bonds. The van der Waals surface area contributed by atoms with Gasteiger partial charge in [0.15, 0.2) is 0 Å². The predicted octanol–water partition coefficient (Wildman–Crippen LogP) is 4.09. The number of para-hydroxylation sites is 1. The van der Waals surface area contributed by atoms with Crippen LogP contribution in [0.15, 0.2) is 42.6 Å². The van der Waals surface area contributed by atoms with E-state index >= 15 is 0 Å². The average Bonchev–Trinajstić information content (AvgIpc) is 2.88. The zero-order valence-electron chi connectivity index (χ0n) is 12.0. The lowest BCUT2D eigenvalue weighted by molar-refractivity contribution is 0.234. The van der Waals surface area contributed by atoms with Gasteiger partial charge >= 0.3 is 0 Å². The number of hydrogen-bond acceptors (Lipinski definition) is 5. The van der Waals surface area contributed by atoms with Crippen molar-refractivity contribution in [1.82, 2.24) is 9.97 Å². The summed E-state index contributed by atoms with van der Waals surface area (Å²) in [5.74, 6) is 0.633. The van der Waals surface area contributed by atoms with E-state index in [1.807, 2.05) is 44.2 Å². The van der Waals surface area contributed by atoms with Crippen LogP contribution >= 0.6 is 11.3 Å². The van der Waals surface area contributed by atoms with Gasteiger partial charge in [0, 0.05) is 6.20 Å². The lowest BCUT2D eigenvalue weighted by Gasteiger charge is -2.13. The number of ether oxygens (including phenoxy) is 1. The Morgan fingerprint density at radius 3 is 2.86 bits per heavy atom. The van der Waals surface area contributed by atoms with Gasteiger partial charge in [-0.2, -0.15) is 0 Å². The van der Waals surface area contributed by atoms with Gasteiger partial charge in [-0.25, -0.2) is 9.97 Å². The number of thiazole rings is 1. The SMILES string of the molecule is CC(C)Oc1ncccc1NCc1nc2ccccc2s1. The first kappa shape index (κ1) is 13.8.